The number of carbonyl (C=O) groups is 1. The Hall–Kier alpha value is -2.39. The maximum Gasteiger partial charge on any atom is 0.338 e. The van der Waals surface area contributed by atoms with Crippen molar-refractivity contribution in [2.75, 3.05) is 0 Å². The Kier molecular flexibility index (Phi) is 4.01. The van der Waals surface area contributed by atoms with Crippen molar-refractivity contribution in [3.63, 3.8) is 0 Å². The molecule has 0 saturated heterocycles. The van der Waals surface area contributed by atoms with Gasteiger partial charge in [-0.1, -0.05) is 6.07 Å². The van der Waals surface area contributed by atoms with Gasteiger partial charge in [0, 0.05) is 5.69 Å². The third-order valence-corrected chi connectivity index (χ3v) is 3.49. The van der Waals surface area contributed by atoms with Gasteiger partial charge in [-0.05, 0) is 49.4 Å². The Labute approximate surface area is 120 Å². The topological polar surface area (TPSA) is 86.9 Å². The molecule has 100 valence electrons. The van der Waals surface area contributed by atoms with E-state index in [-0.39, 0.29) is 11.3 Å². The third kappa shape index (κ3) is 2.95. The van der Waals surface area contributed by atoms with E-state index in [1.165, 1.54) is 0 Å². The van der Waals surface area contributed by atoms with Gasteiger partial charge in [0.2, 0.25) is 0 Å². The van der Waals surface area contributed by atoms with E-state index >= 15 is 0 Å². The summed E-state index contributed by atoms with van der Waals surface area (Å²) in [5, 5.41) is 19.0. The molecule has 0 bridgehead atoms. The Balaban J connectivity index is 2.47. The molecule has 0 unspecified atom stereocenters. The van der Waals surface area contributed by atoms with Crippen LogP contribution in [-0.2, 0) is 0 Å². The molecule has 0 saturated carbocycles. The fourth-order valence-corrected chi connectivity index (χ4v) is 2.80. The number of nitrogens with zero attached hydrogens (tertiary/aromatic N) is 3. The average Bonchev–Trinajstić information content (AvgIpc) is 2.37. The lowest BCUT2D eigenvalue weighted by Gasteiger charge is -2.08. The van der Waals surface area contributed by atoms with E-state index in [4.69, 9.17) is 5.26 Å². The zero-order valence-corrected chi connectivity index (χ0v) is 11.7. The second-order valence-electron chi connectivity index (χ2n) is 4.14. The van der Waals surface area contributed by atoms with E-state index in [0.29, 0.717) is 15.6 Å². The zero-order chi connectivity index (χ0) is 14.7. The largest absolute Gasteiger partial charge is 0.478 e. The van der Waals surface area contributed by atoms with E-state index in [0.717, 1.165) is 17.5 Å². The number of rotatable bonds is 3. The Morgan fingerprint density at radius 2 is 2.10 bits per heavy atom. The van der Waals surface area contributed by atoms with Crippen molar-refractivity contribution >= 4 is 17.7 Å². The van der Waals surface area contributed by atoms with Gasteiger partial charge in [0.1, 0.15) is 21.8 Å². The van der Waals surface area contributed by atoms with Crippen LogP contribution < -0.4 is 0 Å². The number of carboxylic acids is 1. The molecule has 0 atom stereocenters. The van der Waals surface area contributed by atoms with Crippen molar-refractivity contribution in [3.05, 3.63) is 46.8 Å². The van der Waals surface area contributed by atoms with E-state index < -0.39 is 5.97 Å². The lowest BCUT2D eigenvalue weighted by atomic mass is 10.1. The summed E-state index contributed by atoms with van der Waals surface area (Å²) < 4.78 is 0. The highest BCUT2D eigenvalue weighted by atomic mass is 32.2. The van der Waals surface area contributed by atoms with Crippen LogP contribution in [0.15, 0.2) is 34.3 Å². The Bertz CT molecular complexity index is 723. The summed E-state index contributed by atoms with van der Waals surface area (Å²) in [4.78, 5) is 19.7. The van der Waals surface area contributed by atoms with Crippen molar-refractivity contribution in [1.82, 2.24) is 9.97 Å². The van der Waals surface area contributed by atoms with E-state index in [1.807, 2.05) is 13.0 Å². The number of carboxylic acid groups (broad SMARTS) is 1. The van der Waals surface area contributed by atoms with Crippen LogP contribution >= 0.6 is 11.8 Å². The predicted molar refractivity (Wildman–Crippen MR) is 73.7 cm³/mol. The maximum atomic E-state index is 11.3. The molecule has 2 rings (SSSR count). The van der Waals surface area contributed by atoms with E-state index in [2.05, 4.69) is 9.97 Å². The van der Waals surface area contributed by atoms with Crippen LogP contribution in [0.4, 0.5) is 0 Å². The van der Waals surface area contributed by atoms with Gasteiger partial charge in [-0.15, -0.1) is 0 Å². The van der Waals surface area contributed by atoms with Crippen LogP contribution in [0.2, 0.25) is 0 Å². The molecule has 0 fully saturated rings. The van der Waals surface area contributed by atoms with Crippen molar-refractivity contribution in [3.8, 4) is 6.07 Å². The summed E-state index contributed by atoms with van der Waals surface area (Å²) in [5.74, 6) is -1.02. The van der Waals surface area contributed by atoms with Gasteiger partial charge in [0.05, 0.1) is 5.56 Å². The SMILES string of the molecule is Cc1cc(C)c(C(=O)O)c(Sc2cccc(C#N)n2)n1. The maximum absolute atomic E-state index is 11.3. The van der Waals surface area contributed by atoms with Gasteiger partial charge in [-0.25, -0.2) is 14.8 Å². The predicted octanol–water partition coefficient (Wildman–Crippen LogP) is 2.81. The third-order valence-electron chi connectivity index (χ3n) is 2.56. The average molecular weight is 285 g/mol. The number of hydrogen-bond acceptors (Lipinski definition) is 5. The molecule has 2 aromatic heterocycles. The van der Waals surface area contributed by atoms with Crippen LogP contribution in [0.3, 0.4) is 0 Å². The molecular formula is C14H11N3O2S. The van der Waals surface area contributed by atoms with Gasteiger partial charge in [0.15, 0.2) is 0 Å². The Morgan fingerprint density at radius 3 is 2.75 bits per heavy atom. The fraction of sp³-hybridized carbons (Fsp3) is 0.143. The normalized spacial score (nSPS) is 10.1. The van der Waals surface area contributed by atoms with E-state index in [1.54, 1.807) is 31.2 Å². The second-order valence-corrected chi connectivity index (χ2v) is 5.15. The Morgan fingerprint density at radius 1 is 1.35 bits per heavy atom. The summed E-state index contributed by atoms with van der Waals surface area (Å²) in [7, 11) is 0. The highest BCUT2D eigenvalue weighted by Gasteiger charge is 2.17. The molecule has 2 heterocycles. The van der Waals surface area contributed by atoms with Crippen LogP contribution in [0.1, 0.15) is 27.3 Å². The summed E-state index contributed by atoms with van der Waals surface area (Å²) in [6.07, 6.45) is 0. The fourth-order valence-electron chi connectivity index (χ4n) is 1.77. The molecule has 0 aliphatic rings. The van der Waals surface area contributed by atoms with Gasteiger partial charge in [-0.2, -0.15) is 5.26 Å². The first-order valence-corrected chi connectivity index (χ1v) is 6.59. The summed E-state index contributed by atoms with van der Waals surface area (Å²) >= 11 is 1.15. The molecule has 0 aliphatic carbocycles. The zero-order valence-electron chi connectivity index (χ0n) is 10.9. The molecule has 20 heavy (non-hydrogen) atoms. The number of aromatic nitrogens is 2. The summed E-state index contributed by atoms with van der Waals surface area (Å²) in [6.45, 7) is 3.54. The van der Waals surface area contributed by atoms with Gasteiger partial charge in [-0.3, -0.25) is 0 Å². The molecule has 1 N–H and O–H groups in total. The molecule has 0 spiro atoms. The highest BCUT2D eigenvalue weighted by molar-refractivity contribution is 7.99. The van der Waals surface area contributed by atoms with Crippen LogP contribution in [-0.4, -0.2) is 21.0 Å². The van der Waals surface area contributed by atoms with Crippen molar-refractivity contribution < 1.29 is 9.90 Å². The van der Waals surface area contributed by atoms with Crippen LogP contribution in [0.5, 0.6) is 0 Å². The molecule has 0 aromatic carbocycles. The monoisotopic (exact) mass is 285 g/mol. The first kappa shape index (κ1) is 14.0. The molecule has 0 amide bonds. The standard InChI is InChI=1S/C14H11N3O2S/c1-8-6-9(2)16-13(12(8)14(18)19)20-11-5-3-4-10(7-15)17-11/h3-6H,1-2H3,(H,18,19). The van der Waals surface area contributed by atoms with Crippen molar-refractivity contribution in [2.24, 2.45) is 0 Å². The smallest absolute Gasteiger partial charge is 0.338 e. The lowest BCUT2D eigenvalue weighted by Crippen LogP contribution is -2.05. The first-order valence-electron chi connectivity index (χ1n) is 5.78. The molecule has 0 radical (unpaired) electrons. The van der Waals surface area contributed by atoms with Crippen molar-refractivity contribution in [1.29, 1.82) is 5.26 Å². The molecule has 5 nitrogen and oxygen atoms in total. The molecule has 2 aromatic rings. The lowest BCUT2D eigenvalue weighted by molar-refractivity contribution is 0.0691. The number of pyridine rings is 2. The minimum absolute atomic E-state index is 0.171. The van der Waals surface area contributed by atoms with Crippen LogP contribution in [0, 0.1) is 25.2 Å². The molecule has 0 aliphatic heterocycles. The summed E-state index contributed by atoms with van der Waals surface area (Å²) in [5.41, 5.74) is 1.86. The summed E-state index contributed by atoms with van der Waals surface area (Å²) in [6, 6.07) is 8.70. The first-order chi connectivity index (χ1) is 9.51. The minimum Gasteiger partial charge on any atom is -0.478 e. The molecule has 6 heteroatoms. The number of aromatic carboxylic acids is 1. The van der Waals surface area contributed by atoms with Gasteiger partial charge in [0.25, 0.3) is 0 Å². The van der Waals surface area contributed by atoms with Crippen LogP contribution in [0.25, 0.3) is 0 Å². The number of nitriles is 1. The van der Waals surface area contributed by atoms with Gasteiger partial charge < -0.3 is 5.11 Å². The quantitative estimate of drug-likeness (QED) is 0.933. The molecular weight excluding hydrogens is 274 g/mol. The minimum atomic E-state index is -1.02. The van der Waals surface area contributed by atoms with E-state index in [9.17, 15) is 9.90 Å². The van der Waals surface area contributed by atoms with Crippen molar-refractivity contribution in [2.45, 2.75) is 23.9 Å². The highest BCUT2D eigenvalue weighted by Crippen LogP contribution is 2.29. The van der Waals surface area contributed by atoms with Gasteiger partial charge >= 0.3 is 5.97 Å². The second kappa shape index (κ2) is 5.72. The number of aryl methyl sites for hydroxylation is 2. The number of hydrogen-bond donors (Lipinski definition) is 1.